The van der Waals surface area contributed by atoms with Gasteiger partial charge >= 0.3 is 0 Å². The van der Waals surface area contributed by atoms with E-state index in [4.69, 9.17) is 0 Å². The smallest absolute Gasteiger partial charge is 0.213 e. The molecule has 0 unspecified atom stereocenters. The summed E-state index contributed by atoms with van der Waals surface area (Å²) in [5.74, 6) is 2.39. The quantitative estimate of drug-likeness (QED) is 0.128. The lowest BCUT2D eigenvalue weighted by Gasteiger charge is -1.67. The number of oxazole rings is 1. The Labute approximate surface area is 397 Å². The van der Waals surface area contributed by atoms with Gasteiger partial charge in [-0.3, -0.25) is 15.2 Å². The van der Waals surface area contributed by atoms with Gasteiger partial charge in [0.2, 0.25) is 6.39 Å². The molecular weight excluding hydrogens is 927 g/mol. The second-order valence-electron chi connectivity index (χ2n) is 12.3. The minimum Gasteiger partial charge on any atom is -0.452 e. The lowest BCUT2D eigenvalue weighted by atomic mass is 10.4. The molecule has 0 saturated heterocycles. The van der Waals surface area contributed by atoms with Crippen molar-refractivity contribution >= 4 is 45.9 Å². The van der Waals surface area contributed by atoms with E-state index in [0.29, 0.717) is 5.82 Å². The molecule has 0 spiro atoms. The van der Waals surface area contributed by atoms with Crippen molar-refractivity contribution in [1.29, 1.82) is 0 Å². The van der Waals surface area contributed by atoms with Gasteiger partial charge in [-0.25, -0.2) is 24.3 Å². The van der Waals surface area contributed by atoms with Crippen LogP contribution in [0.25, 0.3) is 0 Å². The molecule has 23 nitrogen and oxygen atoms in total. The Hall–Kier alpha value is -7.36. The Balaban J connectivity index is 0.000000363. The van der Waals surface area contributed by atoms with Crippen LogP contribution in [0.1, 0.15) is 62.6 Å². The van der Waals surface area contributed by atoms with Crippen molar-refractivity contribution in [1.82, 2.24) is 94.3 Å². The van der Waals surface area contributed by atoms with E-state index in [9.17, 15) is 0 Å². The number of rotatable bonds is 0. The number of hydrogen-bond donors (Lipinski definition) is 3. The van der Waals surface area contributed by atoms with Gasteiger partial charge in [0.1, 0.15) is 48.0 Å². The van der Waals surface area contributed by atoms with Crippen molar-refractivity contribution in [3.8, 4) is 0 Å². The molecule has 66 heavy (non-hydrogen) atoms. The standard InChI is InChI=1S/2C4H6N2.2C4H5NO.2C4H5NS.C3H5N3.2C3H4N2O.2C3H4N2S/c1-4-2-5-3-6-4;1-4-2-5-6-3-4;1-4-2-6-3-5-4;1-4-2-5-6-3-4;1-4-2-6-3-5-4;1-4-2-5-6-3-4;1-3-4-2-5-6-3;1-3-4-2-6-5-3;1-3-2-6-5-4-3;1-3-4-2-6-5-3;1-3-2-6-5-4-3/h2*2-3H,1H3,(H,5,6);4*2-3H,1H3;2H,1H3,(H,4,5,6);4*2H,1H3. The van der Waals surface area contributed by atoms with Gasteiger partial charge in [-0.2, -0.15) is 19.6 Å². The minimum atomic E-state index is 0.676. The molecule has 0 bridgehead atoms. The summed E-state index contributed by atoms with van der Waals surface area (Å²) >= 11 is 5.88. The molecule has 0 saturated carbocycles. The summed E-state index contributed by atoms with van der Waals surface area (Å²) in [5.41, 5.74) is 12.0. The van der Waals surface area contributed by atoms with Crippen LogP contribution in [0.5, 0.6) is 0 Å². The molecule has 0 aliphatic rings. The van der Waals surface area contributed by atoms with Crippen LogP contribution in [0, 0.1) is 76.2 Å². The van der Waals surface area contributed by atoms with Gasteiger partial charge in [0.15, 0.2) is 12.2 Å². The molecular formula is C39H53N19O4S4. The van der Waals surface area contributed by atoms with Crippen molar-refractivity contribution in [2.24, 2.45) is 0 Å². The molecule has 3 N–H and O–H groups in total. The summed E-state index contributed by atoms with van der Waals surface area (Å²) < 4.78 is 29.1. The van der Waals surface area contributed by atoms with E-state index in [1.807, 2.05) is 103 Å². The average Bonchev–Trinajstić information content (AvgIpc) is 4.13. The molecule has 27 heteroatoms. The van der Waals surface area contributed by atoms with Crippen LogP contribution in [0.4, 0.5) is 0 Å². The summed E-state index contributed by atoms with van der Waals surface area (Å²) in [6, 6.07) is 0. The topological polar surface area (TPSA) is 306 Å². The Morgan fingerprint density at radius 1 is 0.576 bits per heavy atom. The fourth-order valence-electron chi connectivity index (χ4n) is 2.84. The lowest BCUT2D eigenvalue weighted by Crippen LogP contribution is -1.68. The number of nitrogens with zero attached hydrogens (tertiary/aromatic N) is 16. The fraction of sp³-hybridized carbons (Fsp3) is 0.282. The van der Waals surface area contributed by atoms with E-state index in [-0.39, 0.29) is 0 Å². The molecule has 0 atom stereocenters. The predicted octanol–water partition coefficient (Wildman–Crippen LogP) is 8.87. The predicted molar refractivity (Wildman–Crippen MR) is 251 cm³/mol. The van der Waals surface area contributed by atoms with Crippen molar-refractivity contribution < 1.29 is 18.0 Å². The van der Waals surface area contributed by atoms with Crippen molar-refractivity contribution in [2.75, 3.05) is 0 Å². The van der Waals surface area contributed by atoms with Crippen LogP contribution < -0.4 is 0 Å². The first kappa shape index (κ1) is 56.7. The molecule has 0 amide bonds. The summed E-state index contributed by atoms with van der Waals surface area (Å²) in [6.45, 7) is 21.0. The van der Waals surface area contributed by atoms with Crippen LogP contribution in [0.15, 0.2) is 120 Å². The SMILES string of the molecule is Cc1cn[nH]c1.Cc1cnc[nH]1.Cc1cnoc1.Cc1cnsc1.Cc1cocn1.Cc1conn1.Cc1cscn1.Cc1csnn1.Cc1ncn[nH]1.Cc1ncon1.Cc1ncsn1. The van der Waals surface area contributed by atoms with Crippen LogP contribution in [-0.4, -0.2) is 94.3 Å². The molecule has 0 radical (unpaired) electrons. The first-order valence-corrected chi connectivity index (χ1v) is 22.4. The van der Waals surface area contributed by atoms with Gasteiger partial charge in [-0.1, -0.05) is 14.8 Å². The number of nitrogens with one attached hydrogen (secondary N) is 3. The Morgan fingerprint density at radius 2 is 1.41 bits per heavy atom. The summed E-state index contributed by atoms with van der Waals surface area (Å²) in [5, 5.41) is 35.8. The molecule has 352 valence electrons. The zero-order valence-corrected chi connectivity index (χ0v) is 41.5. The van der Waals surface area contributed by atoms with Gasteiger partial charge in [-0.15, -0.1) is 21.5 Å². The van der Waals surface area contributed by atoms with Gasteiger partial charge in [-0.05, 0) is 122 Å². The van der Waals surface area contributed by atoms with Crippen LogP contribution >= 0.6 is 45.9 Å². The normalized spacial score (nSPS) is 8.83. The molecule has 11 aromatic heterocycles. The van der Waals surface area contributed by atoms with E-state index in [1.165, 1.54) is 71.1 Å². The van der Waals surface area contributed by atoms with Crippen LogP contribution in [-0.2, 0) is 0 Å². The lowest BCUT2D eigenvalue weighted by molar-refractivity contribution is 0.392. The highest BCUT2D eigenvalue weighted by Gasteiger charge is 1.83. The average molecular weight is 980 g/mol. The van der Waals surface area contributed by atoms with Gasteiger partial charge in [0.25, 0.3) is 0 Å². The number of aromatic nitrogens is 19. The number of aromatic amines is 3. The molecule has 0 aliphatic carbocycles. The number of aryl methyl sites for hydroxylation is 11. The van der Waals surface area contributed by atoms with Crippen LogP contribution in [0.3, 0.4) is 0 Å². The second kappa shape index (κ2) is 38.1. The maximum Gasteiger partial charge on any atom is 0.213 e. The summed E-state index contributed by atoms with van der Waals surface area (Å²) in [7, 11) is 0. The van der Waals surface area contributed by atoms with E-state index < -0.39 is 0 Å². The molecule has 0 aromatic carbocycles. The molecule has 11 aromatic rings. The number of hydrogen-bond acceptors (Lipinski definition) is 24. The third-order valence-electron chi connectivity index (χ3n) is 5.91. The van der Waals surface area contributed by atoms with E-state index >= 15 is 0 Å². The molecule has 0 aliphatic heterocycles. The largest absolute Gasteiger partial charge is 0.452 e. The Bertz CT molecular complexity index is 1850. The Morgan fingerprint density at radius 3 is 1.58 bits per heavy atom. The highest BCUT2D eigenvalue weighted by atomic mass is 32.1. The third kappa shape index (κ3) is 36.2. The van der Waals surface area contributed by atoms with Crippen molar-refractivity contribution in [2.45, 2.75) is 76.2 Å². The molecule has 11 rings (SSSR count). The maximum atomic E-state index is 4.60. The van der Waals surface area contributed by atoms with E-state index in [0.717, 1.165) is 45.7 Å². The zero-order chi connectivity index (χ0) is 48.5. The van der Waals surface area contributed by atoms with Crippen LogP contribution in [0.2, 0.25) is 0 Å². The number of imidazole rings is 1. The fourth-order valence-corrected chi connectivity index (χ4v) is 4.77. The van der Waals surface area contributed by atoms with E-state index in [1.54, 1.807) is 61.2 Å². The zero-order valence-electron chi connectivity index (χ0n) is 38.2. The van der Waals surface area contributed by atoms with Crippen molar-refractivity contribution in [3.05, 3.63) is 165 Å². The third-order valence-corrected chi connectivity index (χ3v) is 8.51. The van der Waals surface area contributed by atoms with Crippen molar-refractivity contribution in [3.63, 3.8) is 0 Å². The maximum absolute atomic E-state index is 4.60. The first-order valence-electron chi connectivity index (χ1n) is 18.9. The van der Waals surface area contributed by atoms with Gasteiger partial charge < -0.3 is 23.0 Å². The van der Waals surface area contributed by atoms with E-state index in [2.05, 4.69) is 112 Å². The summed E-state index contributed by atoms with van der Waals surface area (Å²) in [4.78, 5) is 25.6. The highest BCUT2D eigenvalue weighted by molar-refractivity contribution is 7.07. The number of thiazole rings is 1. The van der Waals surface area contributed by atoms with Gasteiger partial charge in [0, 0.05) is 57.0 Å². The molecule has 11 heterocycles. The second-order valence-corrected chi connectivity index (χ2v) is 14.9. The Kier molecular flexibility index (Phi) is 32.7. The number of H-pyrrole nitrogens is 3. The highest BCUT2D eigenvalue weighted by Crippen LogP contribution is 1.97. The summed E-state index contributed by atoms with van der Waals surface area (Å²) in [6.07, 6.45) is 19.5. The monoisotopic (exact) mass is 979 g/mol. The molecule has 0 fully saturated rings. The minimum absolute atomic E-state index is 0.676. The first-order chi connectivity index (χ1) is 31.8. The van der Waals surface area contributed by atoms with Gasteiger partial charge in [0.05, 0.1) is 35.6 Å².